The van der Waals surface area contributed by atoms with Gasteiger partial charge in [-0.1, -0.05) is 27.5 Å². The monoisotopic (exact) mass is 494 g/mol. The van der Waals surface area contributed by atoms with E-state index in [9.17, 15) is 14.0 Å². The van der Waals surface area contributed by atoms with Gasteiger partial charge in [0, 0.05) is 10.2 Å². The van der Waals surface area contributed by atoms with Crippen molar-refractivity contribution in [3.05, 3.63) is 78.8 Å². The number of amides is 2. The second-order valence-electron chi connectivity index (χ2n) is 6.57. The van der Waals surface area contributed by atoms with Crippen LogP contribution in [0, 0.1) is 26.6 Å². The van der Waals surface area contributed by atoms with E-state index in [1.807, 2.05) is 26.0 Å². The van der Waals surface area contributed by atoms with E-state index < -0.39 is 11.7 Å². The van der Waals surface area contributed by atoms with Crippen LogP contribution in [-0.2, 0) is 0 Å². The van der Waals surface area contributed by atoms with Crippen molar-refractivity contribution >= 4 is 61.4 Å². The predicted octanol–water partition coefficient (Wildman–Crippen LogP) is 6.73. The van der Waals surface area contributed by atoms with Gasteiger partial charge in [-0.05, 0) is 73.9 Å². The van der Waals surface area contributed by atoms with E-state index in [0.717, 1.165) is 44.3 Å². The van der Waals surface area contributed by atoms with Crippen molar-refractivity contribution in [1.29, 1.82) is 0 Å². The first-order valence-electron chi connectivity index (χ1n) is 8.60. The summed E-state index contributed by atoms with van der Waals surface area (Å²) in [5.74, 6) is -1.24. The molecule has 1 heterocycles. The Kier molecular flexibility index (Phi) is 6.41. The Morgan fingerprint density at radius 2 is 1.62 bits per heavy atom. The number of benzene rings is 2. The molecule has 0 aliphatic heterocycles. The molecular formula is C21H17BrClFN2O2S. The number of carbonyl (C=O) groups is 2. The third kappa shape index (κ3) is 4.86. The quantitative estimate of drug-likeness (QED) is 0.421. The summed E-state index contributed by atoms with van der Waals surface area (Å²) in [6, 6.07) is 9.15. The molecule has 0 aliphatic carbocycles. The zero-order valence-electron chi connectivity index (χ0n) is 15.8. The number of rotatable bonds is 4. The number of halogens is 3. The molecule has 0 aliphatic rings. The highest BCUT2D eigenvalue weighted by atomic mass is 79.9. The first-order valence-corrected chi connectivity index (χ1v) is 10.6. The normalized spacial score (nSPS) is 10.7. The highest BCUT2D eigenvalue weighted by Gasteiger charge is 2.18. The highest BCUT2D eigenvalue weighted by molar-refractivity contribution is 9.10. The summed E-state index contributed by atoms with van der Waals surface area (Å²) < 4.78 is 14.1. The molecule has 1 aromatic heterocycles. The first kappa shape index (κ1) is 21.5. The van der Waals surface area contributed by atoms with E-state index in [1.54, 1.807) is 13.0 Å². The maximum absolute atomic E-state index is 13.2. The third-order valence-corrected chi connectivity index (χ3v) is 6.19. The van der Waals surface area contributed by atoms with Crippen molar-refractivity contribution in [3.8, 4) is 0 Å². The van der Waals surface area contributed by atoms with Gasteiger partial charge < -0.3 is 10.6 Å². The standard InChI is InChI=1S/C21H17BrClFN2O2S/c1-10-6-13(22)7-11(2)18(10)26-21(28)19-12(3)8-17(29-19)25-20(27)15-5-4-14(24)9-16(15)23/h4-9H,1-3H3,(H,25,27)(H,26,28). The van der Waals surface area contributed by atoms with E-state index in [-0.39, 0.29) is 16.5 Å². The van der Waals surface area contributed by atoms with Crippen LogP contribution in [0.2, 0.25) is 5.02 Å². The molecule has 2 aromatic carbocycles. The molecule has 0 fully saturated rings. The topological polar surface area (TPSA) is 58.2 Å². The number of aryl methyl sites for hydroxylation is 3. The summed E-state index contributed by atoms with van der Waals surface area (Å²) in [5.41, 5.74) is 3.54. The van der Waals surface area contributed by atoms with Gasteiger partial charge in [-0.3, -0.25) is 9.59 Å². The molecule has 0 saturated carbocycles. The summed E-state index contributed by atoms with van der Waals surface area (Å²) in [5, 5.41) is 6.19. The fraction of sp³-hybridized carbons (Fsp3) is 0.143. The van der Waals surface area contributed by atoms with Gasteiger partial charge in [0.1, 0.15) is 5.82 Å². The number of anilines is 2. The van der Waals surface area contributed by atoms with Crippen LogP contribution < -0.4 is 10.6 Å². The maximum Gasteiger partial charge on any atom is 0.266 e. The fourth-order valence-electron chi connectivity index (χ4n) is 2.90. The largest absolute Gasteiger partial charge is 0.321 e. The Morgan fingerprint density at radius 1 is 0.966 bits per heavy atom. The molecule has 8 heteroatoms. The van der Waals surface area contributed by atoms with Crippen molar-refractivity contribution in [3.63, 3.8) is 0 Å². The first-order chi connectivity index (χ1) is 13.7. The van der Waals surface area contributed by atoms with Crippen molar-refractivity contribution in [2.75, 3.05) is 10.6 Å². The van der Waals surface area contributed by atoms with Crippen LogP contribution in [0.15, 0.2) is 40.9 Å². The molecule has 150 valence electrons. The van der Waals surface area contributed by atoms with E-state index in [4.69, 9.17) is 11.6 Å². The number of carbonyl (C=O) groups excluding carboxylic acids is 2. The van der Waals surface area contributed by atoms with Gasteiger partial charge in [0.05, 0.1) is 20.5 Å². The summed E-state index contributed by atoms with van der Waals surface area (Å²) in [6.07, 6.45) is 0. The second kappa shape index (κ2) is 8.65. The number of hydrogen-bond acceptors (Lipinski definition) is 3. The van der Waals surface area contributed by atoms with E-state index in [0.29, 0.717) is 9.88 Å². The van der Waals surface area contributed by atoms with Crippen molar-refractivity contribution in [1.82, 2.24) is 0 Å². The van der Waals surface area contributed by atoms with Crippen LogP contribution in [0.25, 0.3) is 0 Å². The average Bonchev–Trinajstić information content (AvgIpc) is 2.98. The van der Waals surface area contributed by atoms with E-state index >= 15 is 0 Å². The molecule has 0 radical (unpaired) electrons. The SMILES string of the molecule is Cc1cc(NC(=O)c2ccc(F)cc2Cl)sc1C(=O)Nc1c(C)cc(Br)cc1C. The highest BCUT2D eigenvalue weighted by Crippen LogP contribution is 2.30. The summed E-state index contributed by atoms with van der Waals surface area (Å²) in [6.45, 7) is 5.65. The van der Waals surface area contributed by atoms with Crippen LogP contribution in [0.1, 0.15) is 36.7 Å². The zero-order valence-corrected chi connectivity index (χ0v) is 19.0. The molecular weight excluding hydrogens is 479 g/mol. The van der Waals surface area contributed by atoms with Gasteiger partial charge in [-0.2, -0.15) is 0 Å². The van der Waals surface area contributed by atoms with Crippen LogP contribution in [0.5, 0.6) is 0 Å². The van der Waals surface area contributed by atoms with Gasteiger partial charge in [0.25, 0.3) is 11.8 Å². The van der Waals surface area contributed by atoms with Crippen molar-refractivity contribution in [2.45, 2.75) is 20.8 Å². The maximum atomic E-state index is 13.2. The molecule has 29 heavy (non-hydrogen) atoms. The van der Waals surface area contributed by atoms with E-state index in [1.165, 1.54) is 12.1 Å². The Hall–Kier alpha value is -2.22. The predicted molar refractivity (Wildman–Crippen MR) is 120 cm³/mol. The minimum Gasteiger partial charge on any atom is -0.321 e. The minimum atomic E-state index is -0.518. The molecule has 0 bridgehead atoms. The molecule has 0 spiro atoms. The number of hydrogen-bond donors (Lipinski definition) is 2. The average molecular weight is 496 g/mol. The molecule has 3 rings (SSSR count). The van der Waals surface area contributed by atoms with Gasteiger partial charge in [-0.15, -0.1) is 11.3 Å². The molecule has 0 atom stereocenters. The Labute approximate surface area is 185 Å². The molecule has 0 unspecified atom stereocenters. The summed E-state index contributed by atoms with van der Waals surface area (Å²) in [4.78, 5) is 25.7. The van der Waals surface area contributed by atoms with Crippen LogP contribution in [-0.4, -0.2) is 11.8 Å². The number of thiophene rings is 1. The minimum absolute atomic E-state index is 0.0231. The third-order valence-electron chi connectivity index (χ3n) is 4.27. The van der Waals surface area contributed by atoms with Crippen LogP contribution in [0.3, 0.4) is 0 Å². The lowest BCUT2D eigenvalue weighted by Crippen LogP contribution is -2.13. The summed E-state index contributed by atoms with van der Waals surface area (Å²) >= 11 is 10.6. The zero-order chi connectivity index (χ0) is 21.3. The lowest BCUT2D eigenvalue weighted by Gasteiger charge is -2.12. The molecule has 2 amide bonds. The summed E-state index contributed by atoms with van der Waals surface area (Å²) in [7, 11) is 0. The van der Waals surface area contributed by atoms with Crippen LogP contribution >= 0.6 is 38.9 Å². The van der Waals surface area contributed by atoms with Gasteiger partial charge >= 0.3 is 0 Å². The molecule has 3 aromatic rings. The lowest BCUT2D eigenvalue weighted by molar-refractivity contribution is 0.102. The Morgan fingerprint density at radius 3 is 2.24 bits per heavy atom. The fourth-order valence-corrected chi connectivity index (χ4v) is 4.80. The van der Waals surface area contributed by atoms with Crippen molar-refractivity contribution < 1.29 is 14.0 Å². The molecule has 4 nitrogen and oxygen atoms in total. The second-order valence-corrected chi connectivity index (χ2v) is 8.94. The number of nitrogens with one attached hydrogen (secondary N) is 2. The van der Waals surface area contributed by atoms with Gasteiger partial charge in [0.2, 0.25) is 0 Å². The molecule has 2 N–H and O–H groups in total. The van der Waals surface area contributed by atoms with Crippen LogP contribution in [0.4, 0.5) is 15.1 Å². The Balaban J connectivity index is 1.79. The lowest BCUT2D eigenvalue weighted by atomic mass is 10.1. The molecule has 0 saturated heterocycles. The Bertz CT molecular complexity index is 1110. The van der Waals surface area contributed by atoms with Gasteiger partial charge in [0.15, 0.2) is 0 Å². The van der Waals surface area contributed by atoms with Gasteiger partial charge in [-0.25, -0.2) is 4.39 Å². The van der Waals surface area contributed by atoms with E-state index in [2.05, 4.69) is 26.6 Å². The van der Waals surface area contributed by atoms with Crippen molar-refractivity contribution in [2.24, 2.45) is 0 Å². The smallest absolute Gasteiger partial charge is 0.266 e.